The van der Waals surface area contributed by atoms with Crippen LogP contribution in [0.1, 0.15) is 0 Å². The minimum absolute atomic E-state index is 0.785. The van der Waals surface area contributed by atoms with E-state index in [1.807, 2.05) is 24.3 Å². The van der Waals surface area contributed by atoms with E-state index in [4.69, 9.17) is 0 Å². The van der Waals surface area contributed by atoms with E-state index < -0.39 is 4.45 Å². The molecule has 12 heavy (non-hydrogen) atoms. The zero-order valence-corrected chi connectivity index (χ0v) is 7.78. The van der Waals surface area contributed by atoms with Gasteiger partial charge in [-0.15, -0.1) is 0 Å². The fourth-order valence-corrected chi connectivity index (χ4v) is 1.64. The fourth-order valence-electron chi connectivity index (χ4n) is 1.21. The van der Waals surface area contributed by atoms with Crippen LogP contribution in [0.4, 0.5) is 0 Å². The zero-order chi connectivity index (χ0) is 8.60. The molecule has 2 nitrogen and oxygen atoms in total. The highest BCUT2D eigenvalue weighted by atomic mass is 79.9. The zero-order valence-electron chi connectivity index (χ0n) is 6.20. The second-order valence-electron chi connectivity index (χ2n) is 2.66. The van der Waals surface area contributed by atoms with Gasteiger partial charge in [0.1, 0.15) is 0 Å². The van der Waals surface area contributed by atoms with Gasteiger partial charge in [0, 0.05) is 0 Å². The Morgan fingerprint density at radius 3 is 2.83 bits per heavy atom. The Hall–Kier alpha value is -0.960. The Morgan fingerprint density at radius 1 is 1.42 bits per heavy atom. The van der Waals surface area contributed by atoms with Gasteiger partial charge in [0.05, 0.1) is 5.36 Å². The molecule has 0 aliphatic carbocycles. The van der Waals surface area contributed by atoms with Gasteiger partial charge in [-0.25, -0.2) is 0 Å². The molecule has 1 aromatic carbocycles. The molecule has 0 spiro atoms. The number of hydrogen-bond donors (Lipinski definition) is 0. The molecule has 0 N–H and O–H groups in total. The monoisotopic (exact) mass is 223 g/mol. The molecule has 1 heterocycles. The van der Waals surface area contributed by atoms with Crippen molar-refractivity contribution in [2.45, 2.75) is 4.45 Å². The van der Waals surface area contributed by atoms with Crippen LogP contribution in [-0.2, 0) is 4.79 Å². The van der Waals surface area contributed by atoms with E-state index in [1.54, 1.807) is 6.08 Å². The molecule has 0 radical (unpaired) electrons. The molecule has 0 bridgehead atoms. The normalized spacial score (nSPS) is 25.4. The predicted octanol–water partition coefficient (Wildman–Crippen LogP) is 0.390. The van der Waals surface area contributed by atoms with Crippen molar-refractivity contribution in [3.8, 4) is 0 Å². The molecule has 2 rings (SSSR count). The van der Waals surface area contributed by atoms with Gasteiger partial charge < -0.3 is 0 Å². The summed E-state index contributed by atoms with van der Waals surface area (Å²) in [7, 11) is 0. The maximum absolute atomic E-state index is 10.6. The lowest BCUT2D eigenvalue weighted by Gasteiger charge is -2.03. The van der Waals surface area contributed by atoms with E-state index in [9.17, 15) is 4.79 Å². The number of carbonyl (C=O) groups excluding carboxylic acids is 1. The quantitative estimate of drug-likeness (QED) is 0.385. The Balaban J connectivity index is 2.75. The van der Waals surface area contributed by atoms with Crippen molar-refractivity contribution in [2.24, 2.45) is 4.99 Å². The van der Waals surface area contributed by atoms with Crippen LogP contribution in [0.25, 0.3) is 6.08 Å². The van der Waals surface area contributed by atoms with Gasteiger partial charge >= 0.3 is 0 Å². The number of fused-ring (bicyclic) bond motifs is 1. The molecule has 1 unspecified atom stereocenters. The summed E-state index contributed by atoms with van der Waals surface area (Å²) in [5, 5.41) is 1.86. The second-order valence-corrected chi connectivity index (χ2v) is 3.93. The summed E-state index contributed by atoms with van der Waals surface area (Å²) >= 11 is 3.24. The molecule has 0 aromatic heterocycles. The highest BCUT2D eigenvalue weighted by Crippen LogP contribution is 2.19. The van der Waals surface area contributed by atoms with E-state index in [2.05, 4.69) is 20.9 Å². The van der Waals surface area contributed by atoms with Crippen LogP contribution in [0.15, 0.2) is 29.3 Å². The fraction of sp³-hybridized carbons (Fsp3) is 0.111. The number of halogens is 1. The van der Waals surface area contributed by atoms with Crippen molar-refractivity contribution in [3.63, 3.8) is 0 Å². The molecule has 60 valence electrons. The summed E-state index contributed by atoms with van der Waals surface area (Å²) in [4.78, 5) is 14.8. The van der Waals surface area contributed by atoms with Gasteiger partial charge in [-0.3, -0.25) is 9.79 Å². The second kappa shape index (κ2) is 2.52. The molecular weight excluding hydrogens is 218 g/mol. The minimum atomic E-state index is -0.823. The van der Waals surface area contributed by atoms with Crippen molar-refractivity contribution in [2.75, 3.05) is 0 Å². The molecule has 1 aromatic rings. The molecule has 1 atom stereocenters. The van der Waals surface area contributed by atoms with Gasteiger partial charge in [0.15, 0.2) is 10.7 Å². The van der Waals surface area contributed by atoms with Crippen molar-refractivity contribution < 1.29 is 4.79 Å². The Bertz CT molecular complexity index is 403. The van der Waals surface area contributed by atoms with E-state index in [1.165, 1.54) is 0 Å². The number of hydrogen-bond acceptors (Lipinski definition) is 2. The number of aldehydes is 1. The van der Waals surface area contributed by atoms with Gasteiger partial charge in [-0.05, 0) is 33.3 Å². The van der Waals surface area contributed by atoms with E-state index in [-0.39, 0.29) is 0 Å². The first kappa shape index (κ1) is 7.68. The molecule has 0 fully saturated rings. The number of rotatable bonds is 1. The lowest BCUT2D eigenvalue weighted by atomic mass is 10.2. The standard InChI is InChI=1S/C9H6BrNO/c10-9(6-12)5-7-3-1-2-4-8(7)11-9/h1-6H. The molecule has 0 saturated carbocycles. The van der Waals surface area contributed by atoms with E-state index >= 15 is 0 Å². The molecule has 0 saturated heterocycles. The first-order valence-electron chi connectivity index (χ1n) is 3.57. The molecule has 1 aliphatic rings. The maximum atomic E-state index is 10.6. The highest BCUT2D eigenvalue weighted by molar-refractivity contribution is 9.10. The molecule has 0 amide bonds. The van der Waals surface area contributed by atoms with Crippen molar-refractivity contribution in [1.29, 1.82) is 0 Å². The molecule has 1 aliphatic heterocycles. The lowest BCUT2D eigenvalue weighted by molar-refractivity contribution is -0.108. The van der Waals surface area contributed by atoms with Gasteiger partial charge in [-0.2, -0.15) is 0 Å². The molecule has 3 heteroatoms. The average Bonchev–Trinajstić information content (AvgIpc) is 2.42. The first-order chi connectivity index (χ1) is 5.73. The van der Waals surface area contributed by atoms with Crippen LogP contribution in [0, 0.1) is 0 Å². The summed E-state index contributed by atoms with van der Waals surface area (Å²) in [6.07, 6.45) is 2.59. The third kappa shape index (κ3) is 1.10. The van der Waals surface area contributed by atoms with Gasteiger partial charge in [0.2, 0.25) is 0 Å². The number of nitrogens with zero attached hydrogens (tertiary/aromatic N) is 1. The van der Waals surface area contributed by atoms with E-state index in [0.29, 0.717) is 0 Å². The van der Waals surface area contributed by atoms with Crippen LogP contribution in [0.2, 0.25) is 0 Å². The summed E-state index contributed by atoms with van der Waals surface area (Å²) < 4.78 is -0.823. The third-order valence-corrected chi connectivity index (χ3v) is 2.34. The summed E-state index contributed by atoms with van der Waals surface area (Å²) in [5.41, 5.74) is 0. The van der Waals surface area contributed by atoms with Crippen molar-refractivity contribution in [3.05, 3.63) is 34.8 Å². The SMILES string of the molecule is O=CC1(Br)C=c2ccccc2=N1. The van der Waals surface area contributed by atoms with E-state index in [0.717, 1.165) is 16.9 Å². The molecular formula is C9H6BrNO. The number of carbonyl (C=O) groups is 1. The number of para-hydroxylation sites is 1. The number of benzene rings is 1. The Kier molecular flexibility index (Phi) is 1.61. The van der Waals surface area contributed by atoms with Crippen LogP contribution in [0.3, 0.4) is 0 Å². The van der Waals surface area contributed by atoms with Crippen LogP contribution < -0.4 is 10.6 Å². The van der Waals surface area contributed by atoms with Crippen LogP contribution in [-0.4, -0.2) is 10.7 Å². The average molecular weight is 224 g/mol. The Labute approximate surface area is 77.8 Å². The van der Waals surface area contributed by atoms with Crippen molar-refractivity contribution in [1.82, 2.24) is 0 Å². The summed E-state index contributed by atoms with van der Waals surface area (Å²) in [5.74, 6) is 0. The Morgan fingerprint density at radius 2 is 2.17 bits per heavy atom. The smallest absolute Gasteiger partial charge is 0.189 e. The topological polar surface area (TPSA) is 29.4 Å². The van der Waals surface area contributed by atoms with Crippen molar-refractivity contribution >= 4 is 28.3 Å². The summed E-state index contributed by atoms with van der Waals surface area (Å²) in [6, 6.07) is 7.65. The first-order valence-corrected chi connectivity index (χ1v) is 4.36. The van der Waals surface area contributed by atoms with Gasteiger partial charge in [0.25, 0.3) is 0 Å². The third-order valence-electron chi connectivity index (χ3n) is 1.75. The van der Waals surface area contributed by atoms with Crippen LogP contribution >= 0.6 is 15.9 Å². The minimum Gasteiger partial charge on any atom is -0.299 e. The predicted molar refractivity (Wildman–Crippen MR) is 49.4 cm³/mol. The largest absolute Gasteiger partial charge is 0.299 e. The van der Waals surface area contributed by atoms with Crippen LogP contribution in [0.5, 0.6) is 0 Å². The van der Waals surface area contributed by atoms with Gasteiger partial charge in [-0.1, -0.05) is 18.2 Å². The number of alkyl halides is 1. The maximum Gasteiger partial charge on any atom is 0.189 e. The highest BCUT2D eigenvalue weighted by Gasteiger charge is 2.24. The summed E-state index contributed by atoms with van der Waals surface area (Å²) in [6.45, 7) is 0. The lowest BCUT2D eigenvalue weighted by Crippen LogP contribution is -2.19.